The molecule has 2 fully saturated rings. The number of esters is 1. The largest absolute Gasteiger partial charge is 0.507 e. The number of nitrogens with two attached hydrogens (primary N) is 1. The van der Waals surface area contributed by atoms with Gasteiger partial charge in [0, 0.05) is 83.4 Å². The van der Waals surface area contributed by atoms with E-state index in [1.165, 1.54) is 18.3 Å². The third kappa shape index (κ3) is 6.73. The summed E-state index contributed by atoms with van der Waals surface area (Å²) in [7, 11) is 0. The number of aliphatic hydroxyl groups excluding tert-OH is 6. The number of aliphatic hydroxyl groups is 7. The second kappa shape index (κ2) is 16.5. The van der Waals surface area contributed by atoms with Crippen LogP contribution in [0.25, 0.3) is 22.3 Å². The third-order valence-corrected chi connectivity index (χ3v) is 13.7. The van der Waals surface area contributed by atoms with E-state index in [9.17, 15) is 65.8 Å². The molecule has 2 aromatic heterocycles. The van der Waals surface area contributed by atoms with Crippen LogP contribution in [-0.2, 0) is 36.6 Å². The lowest BCUT2D eigenvalue weighted by atomic mass is 9.67. The van der Waals surface area contributed by atoms with Gasteiger partial charge in [0.05, 0.1) is 12.6 Å². The van der Waals surface area contributed by atoms with E-state index >= 15 is 4.79 Å². The Kier molecular flexibility index (Phi) is 10.9. The number of carbonyl (C=O) groups excluding carboxylic acids is 1. The number of aromatic amines is 1. The van der Waals surface area contributed by atoms with E-state index in [1.807, 2.05) is 0 Å². The first-order valence-corrected chi connectivity index (χ1v) is 21.7. The first kappa shape index (κ1) is 46.5. The van der Waals surface area contributed by atoms with E-state index in [-0.39, 0.29) is 46.4 Å². The predicted molar refractivity (Wildman–Crippen MR) is 235 cm³/mol. The van der Waals surface area contributed by atoms with Gasteiger partial charge in [-0.25, -0.2) is 9.59 Å². The van der Waals surface area contributed by atoms with E-state index < -0.39 is 137 Å². The highest BCUT2D eigenvalue weighted by atomic mass is 16.8. The number of nitrogens with one attached hydrogen (secondary N) is 2. The molecule has 22 heteroatoms. The first-order chi connectivity index (χ1) is 33.3. The molecule has 6 aliphatic heterocycles. The number of phenolic OH excluding ortho intramolecular Hbond substituents is 3. The minimum Gasteiger partial charge on any atom is -0.507 e. The lowest BCUT2D eigenvalue weighted by Crippen LogP contribution is -2.80. The molecule has 12 unspecified atom stereocenters. The summed E-state index contributed by atoms with van der Waals surface area (Å²) in [5.41, 5.74) is -3.50. The van der Waals surface area contributed by atoms with Crippen LogP contribution < -0.4 is 21.2 Å². The Hall–Kier alpha value is -7.19. The normalized spacial score (nSPS) is 34.0. The summed E-state index contributed by atoms with van der Waals surface area (Å²) in [6, 6.07) is 6.20. The number of aliphatic carboxylic acids is 1. The smallest absolute Gasteiger partial charge is 0.351 e. The summed E-state index contributed by atoms with van der Waals surface area (Å²) in [6.07, 6.45) is -10.1. The highest BCUT2D eigenvalue weighted by Gasteiger charge is 2.75. The standard InChI is InChI=1S/C48H43N3O19/c49-32-5-4-22(19-51-32)25-15-24-16-26-20(6-11-50-26)3-1-9-46(65)40(60)41(61)48(24,70-47(46)10-2-8-45(43(62)63)39(59)37(57)38(58)42(69-45)67-44(47)64)68-31-18-30-34(36(56)33(25)31)27(53)17-29(66-30)23-13-21(7-12-52)35(55)28(54)14-23/h4-6,11,13-15,17-19,25,32,37-42,50-52,54-61,65H,7,9-10,12,16,49H2,(H,62,63). The number of carbonyl (C=O) groups is 2. The molecule has 7 aliphatic rings. The molecule has 70 heavy (non-hydrogen) atoms. The summed E-state index contributed by atoms with van der Waals surface area (Å²) < 4.78 is 30.8. The molecule has 22 nitrogen and oxygen atoms in total. The molecule has 0 radical (unpaired) electrons. The highest BCUT2D eigenvalue weighted by molar-refractivity contribution is 5.90. The quantitative estimate of drug-likeness (QED) is 0.0459. The number of dihydropyridines is 1. The SMILES string of the molecule is NC1C=CC(C2C=C3Cc4[nH]ccc4C#CCC4(O)C(O)C(O)C3(Oc3cc5oc(-c6cc(O)c(O)c(CCO)c6)cc(=O)c5c(O)c32)OC42CC#CC3(C(=O)O)OC(OC2=O)C(O)C(O)C3O)=CN1. The molecule has 11 rings (SSSR count). The lowest BCUT2D eigenvalue weighted by molar-refractivity contribution is -0.378. The molecule has 2 aromatic carbocycles. The van der Waals surface area contributed by atoms with Crippen LogP contribution in [0, 0.1) is 23.7 Å². The number of rotatable bonds is 5. The second-order valence-corrected chi connectivity index (χ2v) is 17.7. The van der Waals surface area contributed by atoms with Crippen molar-refractivity contribution < 1.29 is 89.1 Å². The Bertz CT molecular complexity index is 3190. The number of phenols is 3. The van der Waals surface area contributed by atoms with Gasteiger partial charge >= 0.3 is 11.9 Å². The Morgan fingerprint density at radius 3 is 2.47 bits per heavy atom. The van der Waals surface area contributed by atoms with Crippen molar-refractivity contribution in [3.8, 4) is 58.0 Å². The summed E-state index contributed by atoms with van der Waals surface area (Å²) in [5.74, 6) is -0.123. The average molecular weight is 966 g/mol. The number of aromatic nitrogens is 1. The van der Waals surface area contributed by atoms with Gasteiger partial charge in [0.2, 0.25) is 11.9 Å². The van der Waals surface area contributed by atoms with Gasteiger partial charge in [0.25, 0.3) is 11.4 Å². The Morgan fingerprint density at radius 2 is 1.74 bits per heavy atom. The van der Waals surface area contributed by atoms with Gasteiger partial charge in [-0.2, -0.15) is 0 Å². The van der Waals surface area contributed by atoms with Crippen molar-refractivity contribution in [1.29, 1.82) is 0 Å². The van der Waals surface area contributed by atoms with Gasteiger partial charge in [0.15, 0.2) is 23.0 Å². The van der Waals surface area contributed by atoms with Crippen LogP contribution in [0.4, 0.5) is 0 Å². The molecule has 2 saturated heterocycles. The molecule has 4 aromatic rings. The second-order valence-electron chi connectivity index (χ2n) is 17.7. The molecule has 8 heterocycles. The number of benzene rings is 2. The van der Waals surface area contributed by atoms with Crippen molar-refractivity contribution in [1.82, 2.24) is 10.3 Å². The van der Waals surface area contributed by atoms with Gasteiger partial charge in [-0.1, -0.05) is 35.8 Å². The van der Waals surface area contributed by atoms with E-state index in [4.69, 9.17) is 29.1 Å². The first-order valence-electron chi connectivity index (χ1n) is 21.7. The van der Waals surface area contributed by atoms with E-state index in [1.54, 1.807) is 24.4 Å². The zero-order chi connectivity index (χ0) is 49.8. The van der Waals surface area contributed by atoms with Crippen molar-refractivity contribution in [3.63, 3.8) is 0 Å². The van der Waals surface area contributed by atoms with Crippen LogP contribution in [0.1, 0.15) is 41.1 Å². The maximum atomic E-state index is 15.1. The van der Waals surface area contributed by atoms with Gasteiger partial charge in [-0.3, -0.25) is 4.79 Å². The van der Waals surface area contributed by atoms with Crippen molar-refractivity contribution in [2.45, 2.75) is 97.2 Å². The number of aromatic hydroxyl groups is 3. The zero-order valence-electron chi connectivity index (χ0n) is 36.2. The molecule has 12 atom stereocenters. The van der Waals surface area contributed by atoms with Crippen molar-refractivity contribution in [2.75, 3.05) is 6.61 Å². The molecule has 2 spiro atoms. The fourth-order valence-corrected chi connectivity index (χ4v) is 9.88. The maximum Gasteiger partial charge on any atom is 0.351 e. The molecule has 0 saturated carbocycles. The van der Waals surface area contributed by atoms with Crippen LogP contribution >= 0.6 is 0 Å². The van der Waals surface area contributed by atoms with E-state index in [0.29, 0.717) is 16.8 Å². The molecule has 4 bridgehead atoms. The topological polar surface area (TPSA) is 378 Å². The molecule has 0 amide bonds. The van der Waals surface area contributed by atoms with Crippen LogP contribution in [-0.4, -0.2) is 145 Å². The molecular weight excluding hydrogens is 923 g/mol. The number of H-pyrrole nitrogens is 1. The Labute approximate surface area is 393 Å². The van der Waals surface area contributed by atoms with E-state index in [2.05, 4.69) is 34.0 Å². The molecule has 15 N–H and O–H groups in total. The van der Waals surface area contributed by atoms with Gasteiger partial charge in [-0.15, -0.1) is 0 Å². The number of hydrogen-bond donors (Lipinski definition) is 14. The van der Waals surface area contributed by atoms with Crippen LogP contribution in [0.3, 0.4) is 0 Å². The summed E-state index contributed by atoms with van der Waals surface area (Å²) >= 11 is 0. The van der Waals surface area contributed by atoms with Gasteiger partial charge in [0.1, 0.15) is 58.2 Å². The minimum absolute atomic E-state index is 0.0549. The zero-order valence-corrected chi connectivity index (χ0v) is 36.2. The number of carboxylic acid groups (broad SMARTS) is 1. The van der Waals surface area contributed by atoms with E-state index in [0.717, 1.165) is 18.2 Å². The summed E-state index contributed by atoms with van der Waals surface area (Å²) in [6.45, 7) is -0.420. The number of ether oxygens (including phenoxy) is 4. The maximum absolute atomic E-state index is 15.1. The number of fused-ring (bicyclic) bond motifs is 6. The predicted octanol–water partition coefficient (Wildman–Crippen LogP) is -1.70. The molecule has 1 aliphatic carbocycles. The number of allylic oxidation sites excluding steroid dienone is 3. The molecule has 364 valence electrons. The minimum atomic E-state index is -3.15. The Balaban J connectivity index is 1.25. The monoisotopic (exact) mass is 965 g/mol. The number of carboxylic acids is 1. The summed E-state index contributed by atoms with van der Waals surface area (Å²) in [4.78, 5) is 45.2. The van der Waals surface area contributed by atoms with Crippen LogP contribution in [0.2, 0.25) is 0 Å². The van der Waals surface area contributed by atoms with Gasteiger partial charge < -0.3 is 95.6 Å². The highest BCUT2D eigenvalue weighted by Crippen LogP contribution is 2.56. The van der Waals surface area contributed by atoms with Crippen molar-refractivity contribution in [2.24, 2.45) is 5.73 Å². The average Bonchev–Trinajstić information content (AvgIpc) is 3.72. The van der Waals surface area contributed by atoms with Crippen molar-refractivity contribution in [3.05, 3.63) is 105 Å². The third-order valence-electron chi connectivity index (χ3n) is 13.7. The van der Waals surface area contributed by atoms with Gasteiger partial charge in [-0.05, 0) is 36.3 Å². The number of hydrogen-bond acceptors (Lipinski definition) is 20. The lowest BCUT2D eigenvalue weighted by Gasteiger charge is -2.57. The van der Waals surface area contributed by atoms with Crippen LogP contribution in [0.15, 0.2) is 81.3 Å². The molecular formula is C48H43N3O19. The Morgan fingerprint density at radius 1 is 0.957 bits per heavy atom. The fraction of sp³-hybridized carbons (Fsp3) is 0.354. The van der Waals surface area contributed by atoms with Crippen LogP contribution in [0.5, 0.6) is 23.0 Å². The van der Waals surface area contributed by atoms with Crippen molar-refractivity contribution >= 4 is 22.9 Å². The summed E-state index contributed by atoms with van der Waals surface area (Å²) in [5, 5.41) is 127. The fourth-order valence-electron chi connectivity index (χ4n) is 9.88.